The Morgan fingerprint density at radius 3 is 1.59 bits per heavy atom. The van der Waals surface area contributed by atoms with Crippen molar-refractivity contribution in [3.8, 4) is 11.5 Å². The van der Waals surface area contributed by atoms with E-state index in [0.29, 0.717) is 0 Å². The first-order valence-corrected chi connectivity index (χ1v) is 6.02. The normalized spacial score (nSPS) is 15.2. The lowest BCUT2D eigenvalue weighted by Crippen LogP contribution is -2.31. The zero-order valence-corrected chi connectivity index (χ0v) is 12.2. The van der Waals surface area contributed by atoms with Crippen molar-refractivity contribution in [2.75, 3.05) is 14.2 Å². The Kier molecular flexibility index (Phi) is 3.98. The minimum Gasteiger partial charge on any atom is -0.497 e. The molecule has 17 heavy (non-hydrogen) atoms. The molecule has 1 aromatic rings. The van der Waals surface area contributed by atoms with Gasteiger partial charge >= 0.3 is 0 Å². The first-order chi connectivity index (χ1) is 7.72. The fraction of sp³-hybridized carbons (Fsp3) is 0.571. The van der Waals surface area contributed by atoms with Crippen LogP contribution in [0.4, 0.5) is 0 Å². The number of halogens is 1. The molecule has 3 heteroatoms. The molecule has 0 spiro atoms. The second kappa shape index (κ2) is 4.77. The van der Waals surface area contributed by atoms with Gasteiger partial charge in [0.1, 0.15) is 11.5 Å². The summed E-state index contributed by atoms with van der Waals surface area (Å²) in [6.45, 7) is 8.37. The van der Waals surface area contributed by atoms with Crippen LogP contribution in [-0.2, 0) is 4.87 Å². The van der Waals surface area contributed by atoms with Gasteiger partial charge in [0.05, 0.1) is 19.1 Å². The van der Waals surface area contributed by atoms with E-state index in [-0.39, 0.29) is 5.41 Å². The zero-order chi connectivity index (χ0) is 13.3. The molecule has 1 aromatic carbocycles. The first-order valence-electron chi connectivity index (χ1n) is 5.65. The molecule has 0 bridgehead atoms. The van der Waals surface area contributed by atoms with Gasteiger partial charge in [0.15, 0.2) is 0 Å². The van der Waals surface area contributed by atoms with Gasteiger partial charge < -0.3 is 9.47 Å². The largest absolute Gasteiger partial charge is 0.497 e. The predicted molar refractivity (Wildman–Crippen MR) is 72.2 cm³/mol. The lowest BCUT2D eigenvalue weighted by molar-refractivity contribution is 0.294. The van der Waals surface area contributed by atoms with Crippen LogP contribution < -0.4 is 9.47 Å². The lowest BCUT2D eigenvalue weighted by Gasteiger charge is -2.37. The third-order valence-corrected chi connectivity index (χ3v) is 4.09. The Balaban J connectivity index is 3.30. The van der Waals surface area contributed by atoms with Crippen molar-refractivity contribution in [2.24, 2.45) is 5.41 Å². The van der Waals surface area contributed by atoms with Crippen LogP contribution in [0.3, 0.4) is 0 Å². The Morgan fingerprint density at radius 1 is 0.882 bits per heavy atom. The molecule has 0 saturated heterocycles. The van der Waals surface area contributed by atoms with Crippen LogP contribution in [0.25, 0.3) is 0 Å². The maximum atomic E-state index is 6.68. The van der Waals surface area contributed by atoms with Crippen molar-refractivity contribution < 1.29 is 9.47 Å². The molecule has 0 aliphatic heterocycles. The van der Waals surface area contributed by atoms with Crippen molar-refractivity contribution in [3.63, 3.8) is 0 Å². The third kappa shape index (κ3) is 2.86. The molecule has 0 aliphatic carbocycles. The summed E-state index contributed by atoms with van der Waals surface area (Å²) in [5.41, 5.74) is 0.939. The molecule has 0 radical (unpaired) electrons. The van der Waals surface area contributed by atoms with E-state index in [1.165, 1.54) is 0 Å². The van der Waals surface area contributed by atoms with Gasteiger partial charge in [-0.3, -0.25) is 0 Å². The lowest BCUT2D eigenvalue weighted by atomic mass is 9.77. The Bertz CT molecular complexity index is 369. The van der Waals surface area contributed by atoms with E-state index in [9.17, 15) is 0 Å². The van der Waals surface area contributed by atoms with Crippen LogP contribution in [-0.4, -0.2) is 14.2 Å². The molecule has 0 aliphatic rings. The van der Waals surface area contributed by atoms with Gasteiger partial charge in [-0.05, 0) is 30.0 Å². The number of methoxy groups -OCH3 is 2. The van der Waals surface area contributed by atoms with E-state index in [1.54, 1.807) is 14.2 Å². The molecule has 0 N–H and O–H groups in total. The molecule has 1 rings (SSSR count). The molecule has 0 amide bonds. The van der Waals surface area contributed by atoms with E-state index >= 15 is 0 Å². The van der Waals surface area contributed by atoms with Gasteiger partial charge in [-0.1, -0.05) is 20.8 Å². The summed E-state index contributed by atoms with van der Waals surface area (Å²) >= 11 is 6.68. The highest BCUT2D eigenvalue weighted by Gasteiger charge is 2.37. The quantitative estimate of drug-likeness (QED) is 0.755. The summed E-state index contributed by atoms with van der Waals surface area (Å²) < 4.78 is 10.5. The molecule has 0 fully saturated rings. The molecular weight excluding hydrogens is 236 g/mol. The average molecular weight is 257 g/mol. The van der Waals surface area contributed by atoms with E-state index in [1.807, 2.05) is 25.1 Å². The van der Waals surface area contributed by atoms with Crippen molar-refractivity contribution in [3.05, 3.63) is 23.8 Å². The first kappa shape index (κ1) is 14.2. The van der Waals surface area contributed by atoms with E-state index in [0.717, 1.165) is 17.1 Å². The minimum absolute atomic E-state index is 0.0636. The second-order valence-electron chi connectivity index (χ2n) is 5.35. The maximum Gasteiger partial charge on any atom is 0.122 e. The fourth-order valence-corrected chi connectivity index (χ4v) is 1.62. The van der Waals surface area contributed by atoms with Crippen LogP contribution in [0.15, 0.2) is 18.2 Å². The standard InChI is InChI=1S/C14H21ClO2/c1-13(2,3)14(4,15)10-7-11(16-5)9-12(8-10)17-6/h7-9H,1-6H3. The van der Waals surface area contributed by atoms with Crippen LogP contribution in [0.2, 0.25) is 0 Å². The topological polar surface area (TPSA) is 18.5 Å². The van der Waals surface area contributed by atoms with Gasteiger partial charge in [-0.2, -0.15) is 0 Å². The Labute approximate surface area is 109 Å². The predicted octanol–water partition coefficient (Wildman–Crippen LogP) is 4.20. The molecule has 0 heterocycles. The van der Waals surface area contributed by atoms with Crippen LogP contribution in [0, 0.1) is 5.41 Å². The van der Waals surface area contributed by atoms with E-state index in [4.69, 9.17) is 21.1 Å². The molecule has 0 aromatic heterocycles. The van der Waals surface area contributed by atoms with Crippen LogP contribution in [0.1, 0.15) is 33.3 Å². The van der Waals surface area contributed by atoms with Crippen LogP contribution >= 0.6 is 11.6 Å². The second-order valence-corrected chi connectivity index (χ2v) is 6.11. The summed E-state index contributed by atoms with van der Waals surface area (Å²) in [4.78, 5) is -0.477. The summed E-state index contributed by atoms with van der Waals surface area (Å²) in [5, 5.41) is 0. The van der Waals surface area contributed by atoms with Crippen molar-refractivity contribution >= 4 is 11.6 Å². The van der Waals surface area contributed by atoms with Gasteiger partial charge in [0.2, 0.25) is 0 Å². The third-order valence-electron chi connectivity index (χ3n) is 3.30. The van der Waals surface area contributed by atoms with Crippen molar-refractivity contribution in [2.45, 2.75) is 32.6 Å². The number of ether oxygens (including phenoxy) is 2. The molecule has 1 unspecified atom stereocenters. The van der Waals surface area contributed by atoms with Gasteiger partial charge in [0, 0.05) is 6.07 Å². The zero-order valence-electron chi connectivity index (χ0n) is 11.4. The highest BCUT2D eigenvalue weighted by atomic mass is 35.5. The summed E-state index contributed by atoms with van der Waals surface area (Å²) in [7, 11) is 3.28. The van der Waals surface area contributed by atoms with Crippen LogP contribution in [0.5, 0.6) is 11.5 Å². The van der Waals surface area contributed by atoms with Gasteiger partial charge in [-0.25, -0.2) is 0 Å². The number of rotatable bonds is 3. The smallest absolute Gasteiger partial charge is 0.122 e. The van der Waals surface area contributed by atoms with E-state index < -0.39 is 4.87 Å². The SMILES string of the molecule is COc1cc(OC)cc(C(C)(Cl)C(C)(C)C)c1. The van der Waals surface area contributed by atoms with Crippen molar-refractivity contribution in [1.29, 1.82) is 0 Å². The molecule has 96 valence electrons. The summed E-state index contributed by atoms with van der Waals surface area (Å²) in [6, 6.07) is 5.76. The number of alkyl halides is 1. The fourth-order valence-electron chi connectivity index (χ4n) is 1.51. The summed E-state index contributed by atoms with van der Waals surface area (Å²) in [6.07, 6.45) is 0. The Morgan fingerprint density at radius 2 is 1.29 bits per heavy atom. The Hall–Kier alpha value is -0.890. The molecule has 1 atom stereocenters. The average Bonchev–Trinajstić information content (AvgIpc) is 2.26. The minimum atomic E-state index is -0.477. The number of benzene rings is 1. The number of hydrogen-bond acceptors (Lipinski definition) is 2. The molecular formula is C14H21ClO2. The van der Waals surface area contributed by atoms with Gasteiger partial charge in [-0.15, -0.1) is 11.6 Å². The summed E-state index contributed by atoms with van der Waals surface area (Å²) in [5.74, 6) is 1.52. The molecule has 2 nitrogen and oxygen atoms in total. The highest BCUT2D eigenvalue weighted by molar-refractivity contribution is 6.24. The monoisotopic (exact) mass is 256 g/mol. The van der Waals surface area contributed by atoms with Crippen molar-refractivity contribution in [1.82, 2.24) is 0 Å². The van der Waals surface area contributed by atoms with Gasteiger partial charge in [0.25, 0.3) is 0 Å². The molecule has 0 saturated carbocycles. The van der Waals surface area contributed by atoms with E-state index in [2.05, 4.69) is 20.8 Å². The number of hydrogen-bond donors (Lipinski definition) is 0. The highest BCUT2D eigenvalue weighted by Crippen LogP contribution is 2.46. The maximum absolute atomic E-state index is 6.68.